The van der Waals surface area contributed by atoms with Gasteiger partial charge in [0.15, 0.2) is 6.10 Å². The van der Waals surface area contributed by atoms with Crippen LogP contribution in [0.3, 0.4) is 0 Å². The molecule has 0 saturated carbocycles. The van der Waals surface area contributed by atoms with Gasteiger partial charge in [-0.15, -0.1) is 0 Å². The average Bonchev–Trinajstić information content (AvgIpc) is 1.85. The Hall–Kier alpha value is -0.570. The smallest absolute Gasteiger partial charge is 0.334 e. The summed E-state index contributed by atoms with van der Waals surface area (Å²) in [6.45, 7) is 5.42. The van der Waals surface area contributed by atoms with Crippen molar-refractivity contribution in [2.45, 2.75) is 33.0 Å². The van der Waals surface area contributed by atoms with Gasteiger partial charge < -0.3 is 9.47 Å². The van der Waals surface area contributed by atoms with Crippen LogP contribution in [0, 0.1) is 0 Å². The van der Waals surface area contributed by atoms with E-state index in [2.05, 4.69) is 4.74 Å². The van der Waals surface area contributed by atoms with Crippen molar-refractivity contribution in [3.05, 3.63) is 0 Å². The van der Waals surface area contributed by atoms with Crippen molar-refractivity contribution in [3.63, 3.8) is 0 Å². The van der Waals surface area contributed by atoms with Gasteiger partial charge in [-0.25, -0.2) is 4.79 Å². The summed E-state index contributed by atoms with van der Waals surface area (Å²) in [6, 6.07) is 0. The molecule has 10 heavy (non-hydrogen) atoms. The van der Waals surface area contributed by atoms with Crippen LogP contribution in [0.5, 0.6) is 0 Å². The first kappa shape index (κ1) is 9.43. The molecule has 0 bridgehead atoms. The Balaban J connectivity index is 3.61. The van der Waals surface area contributed by atoms with Gasteiger partial charge in [-0.3, -0.25) is 0 Å². The third-order valence-corrected chi connectivity index (χ3v) is 1.01. The van der Waals surface area contributed by atoms with Crippen LogP contribution in [-0.4, -0.2) is 25.3 Å². The number of rotatable bonds is 3. The second-order valence-corrected chi connectivity index (χ2v) is 2.35. The van der Waals surface area contributed by atoms with Gasteiger partial charge >= 0.3 is 5.97 Å². The first-order valence-electron chi connectivity index (χ1n) is 3.31. The Morgan fingerprint density at radius 2 is 1.80 bits per heavy atom. The predicted octanol–water partition coefficient (Wildman–Crippen LogP) is 0.973. The molecule has 0 aromatic rings. The largest absolute Gasteiger partial charge is 0.467 e. The summed E-state index contributed by atoms with van der Waals surface area (Å²) in [6.07, 6.45) is -0.390. The lowest BCUT2D eigenvalue weighted by atomic mass is 10.4. The van der Waals surface area contributed by atoms with E-state index in [1.54, 1.807) is 6.92 Å². The molecule has 0 heterocycles. The van der Waals surface area contributed by atoms with Crippen molar-refractivity contribution < 1.29 is 14.3 Å². The van der Waals surface area contributed by atoms with E-state index in [1.165, 1.54) is 7.11 Å². The van der Waals surface area contributed by atoms with E-state index in [9.17, 15) is 4.79 Å². The minimum Gasteiger partial charge on any atom is -0.467 e. The fourth-order valence-electron chi connectivity index (χ4n) is 0.630. The van der Waals surface area contributed by atoms with Gasteiger partial charge in [0.25, 0.3) is 0 Å². The summed E-state index contributed by atoms with van der Waals surface area (Å²) in [5.74, 6) is -0.325. The highest BCUT2D eigenvalue weighted by Crippen LogP contribution is 1.97. The van der Waals surface area contributed by atoms with Crippen LogP contribution in [0.2, 0.25) is 0 Å². The quantitative estimate of drug-likeness (QED) is 0.556. The van der Waals surface area contributed by atoms with E-state index in [1.807, 2.05) is 13.8 Å². The van der Waals surface area contributed by atoms with E-state index in [-0.39, 0.29) is 12.1 Å². The zero-order chi connectivity index (χ0) is 8.15. The molecular weight excluding hydrogens is 132 g/mol. The lowest BCUT2D eigenvalue weighted by molar-refractivity contribution is -0.155. The summed E-state index contributed by atoms with van der Waals surface area (Å²) >= 11 is 0. The maximum atomic E-state index is 10.7. The molecule has 0 fully saturated rings. The number of ether oxygens (including phenoxy) is 2. The van der Waals surface area contributed by atoms with E-state index in [4.69, 9.17) is 4.74 Å². The van der Waals surface area contributed by atoms with Crippen LogP contribution in [-0.2, 0) is 14.3 Å². The molecule has 0 amide bonds. The highest BCUT2D eigenvalue weighted by Gasteiger charge is 2.13. The van der Waals surface area contributed by atoms with E-state index in [0.717, 1.165) is 0 Å². The summed E-state index contributed by atoms with van der Waals surface area (Å²) in [5, 5.41) is 0. The summed E-state index contributed by atoms with van der Waals surface area (Å²) in [4.78, 5) is 10.7. The maximum Gasteiger partial charge on any atom is 0.334 e. The third-order valence-electron chi connectivity index (χ3n) is 1.01. The fourth-order valence-corrected chi connectivity index (χ4v) is 0.630. The van der Waals surface area contributed by atoms with E-state index >= 15 is 0 Å². The highest BCUT2D eigenvalue weighted by atomic mass is 16.6. The van der Waals surface area contributed by atoms with Crippen LogP contribution in [0.1, 0.15) is 20.8 Å². The molecule has 0 aliphatic carbocycles. The molecule has 0 unspecified atom stereocenters. The molecule has 0 spiro atoms. The van der Waals surface area contributed by atoms with Gasteiger partial charge in [0.2, 0.25) is 0 Å². The minimum absolute atomic E-state index is 0.0640. The number of methoxy groups -OCH3 is 1. The van der Waals surface area contributed by atoms with Gasteiger partial charge in [-0.2, -0.15) is 0 Å². The lowest BCUT2D eigenvalue weighted by Crippen LogP contribution is -2.24. The molecule has 3 heteroatoms. The van der Waals surface area contributed by atoms with Gasteiger partial charge in [0.1, 0.15) is 0 Å². The second-order valence-electron chi connectivity index (χ2n) is 2.35. The highest BCUT2D eigenvalue weighted by molar-refractivity contribution is 5.73. The Morgan fingerprint density at radius 3 is 2.10 bits per heavy atom. The molecule has 3 nitrogen and oxygen atoms in total. The fraction of sp³-hybridized carbons (Fsp3) is 0.857. The molecule has 1 atom stereocenters. The normalized spacial score (nSPS) is 13.3. The van der Waals surface area contributed by atoms with Crippen LogP contribution >= 0.6 is 0 Å². The van der Waals surface area contributed by atoms with Crippen molar-refractivity contribution >= 4 is 5.97 Å². The third kappa shape index (κ3) is 3.45. The zero-order valence-electron chi connectivity index (χ0n) is 6.88. The number of hydrogen-bond acceptors (Lipinski definition) is 3. The van der Waals surface area contributed by atoms with Crippen molar-refractivity contribution in [1.82, 2.24) is 0 Å². The monoisotopic (exact) mass is 146 g/mol. The minimum atomic E-state index is -0.454. The molecule has 0 aromatic carbocycles. The molecule has 0 aliphatic rings. The van der Waals surface area contributed by atoms with Crippen molar-refractivity contribution in [2.24, 2.45) is 0 Å². The van der Waals surface area contributed by atoms with Crippen LogP contribution in [0.4, 0.5) is 0 Å². The first-order valence-corrected chi connectivity index (χ1v) is 3.31. The Morgan fingerprint density at radius 1 is 1.30 bits per heavy atom. The molecule has 0 aliphatic heterocycles. The number of esters is 1. The van der Waals surface area contributed by atoms with Crippen LogP contribution < -0.4 is 0 Å². The van der Waals surface area contributed by atoms with Gasteiger partial charge in [0.05, 0.1) is 13.2 Å². The predicted molar refractivity (Wildman–Crippen MR) is 37.7 cm³/mol. The number of hydrogen-bond donors (Lipinski definition) is 0. The number of carbonyl (C=O) groups is 1. The Kier molecular flexibility index (Phi) is 4.03. The molecule has 0 rings (SSSR count). The summed E-state index contributed by atoms with van der Waals surface area (Å²) in [5.41, 5.74) is 0. The maximum absolute atomic E-state index is 10.7. The summed E-state index contributed by atoms with van der Waals surface area (Å²) in [7, 11) is 1.35. The first-order chi connectivity index (χ1) is 4.57. The van der Waals surface area contributed by atoms with E-state index < -0.39 is 6.10 Å². The van der Waals surface area contributed by atoms with Crippen molar-refractivity contribution in [2.75, 3.05) is 7.11 Å². The van der Waals surface area contributed by atoms with E-state index in [0.29, 0.717) is 0 Å². The molecule has 0 radical (unpaired) electrons. The Labute approximate surface area is 61.3 Å². The standard InChI is InChI=1S/C7H14O3/c1-5(2)10-6(3)7(8)9-4/h5-6H,1-4H3/t6-/m0/s1. The van der Waals surface area contributed by atoms with Crippen LogP contribution in [0.25, 0.3) is 0 Å². The SMILES string of the molecule is COC(=O)[C@H](C)OC(C)C. The summed E-state index contributed by atoms with van der Waals surface area (Å²) < 4.78 is 9.58. The molecule has 60 valence electrons. The molecule has 0 N–H and O–H groups in total. The second kappa shape index (κ2) is 4.28. The molecule has 0 aromatic heterocycles. The van der Waals surface area contributed by atoms with Gasteiger partial charge in [-0.05, 0) is 20.8 Å². The van der Waals surface area contributed by atoms with Crippen molar-refractivity contribution in [3.8, 4) is 0 Å². The topological polar surface area (TPSA) is 35.5 Å². The Bertz CT molecular complexity index is 109. The number of carbonyl (C=O) groups excluding carboxylic acids is 1. The molecular formula is C7H14O3. The van der Waals surface area contributed by atoms with Gasteiger partial charge in [0, 0.05) is 0 Å². The van der Waals surface area contributed by atoms with Gasteiger partial charge in [-0.1, -0.05) is 0 Å². The zero-order valence-corrected chi connectivity index (χ0v) is 6.88. The van der Waals surface area contributed by atoms with Crippen molar-refractivity contribution in [1.29, 1.82) is 0 Å². The van der Waals surface area contributed by atoms with Crippen LogP contribution in [0.15, 0.2) is 0 Å². The molecule has 0 saturated heterocycles. The average molecular weight is 146 g/mol. The lowest BCUT2D eigenvalue weighted by Gasteiger charge is -2.12.